The molecule has 0 aromatic carbocycles. The Morgan fingerprint density at radius 3 is 1.82 bits per heavy atom. The molecule has 2 rings (SSSR count). The highest BCUT2D eigenvalue weighted by molar-refractivity contribution is 9.10. The minimum atomic E-state index is -2.31. The number of aliphatic hydroxyl groups excluding tert-OH is 11. The Morgan fingerprint density at radius 1 is 0.821 bits per heavy atom. The topological polar surface area (TPSA) is 297 Å². The van der Waals surface area contributed by atoms with E-state index in [-0.39, 0.29) is 6.42 Å². The van der Waals surface area contributed by atoms with Crippen molar-refractivity contribution in [1.82, 2.24) is 0 Å². The molecule has 0 aromatic heterocycles. The quantitative estimate of drug-likeness (QED) is 0.0832. The molecule has 2 aliphatic heterocycles. The van der Waals surface area contributed by atoms with Gasteiger partial charge in [0.25, 0.3) is 0 Å². The summed E-state index contributed by atoms with van der Waals surface area (Å²) in [5.41, 5.74) is 0. The van der Waals surface area contributed by atoms with Gasteiger partial charge in [0, 0.05) is 0 Å². The summed E-state index contributed by atoms with van der Waals surface area (Å²) in [5.74, 6) is -1.28. The van der Waals surface area contributed by atoms with Gasteiger partial charge in [-0.3, -0.25) is 4.79 Å². The molecule has 0 aromatic rings. The van der Waals surface area contributed by atoms with Gasteiger partial charge >= 0.3 is 0 Å². The Morgan fingerprint density at radius 2 is 1.31 bits per heavy atom. The number of halogens is 1. The summed E-state index contributed by atoms with van der Waals surface area (Å²) >= 11 is 2.67. The lowest BCUT2D eigenvalue weighted by atomic mass is 9.97. The van der Waals surface area contributed by atoms with Gasteiger partial charge in [-0.2, -0.15) is 0 Å². The Balaban J connectivity index is 1.97. The molecule has 0 bridgehead atoms. The van der Waals surface area contributed by atoms with E-state index in [4.69, 9.17) is 18.9 Å². The minimum Gasteiger partial charge on any atom is -0.394 e. The van der Waals surface area contributed by atoms with Crippen LogP contribution >= 0.6 is 15.9 Å². The van der Waals surface area contributed by atoms with Crippen LogP contribution in [0.1, 0.15) is 13.3 Å². The second-order valence-electron chi connectivity index (χ2n) is 9.35. The molecule has 2 heterocycles. The molecule has 230 valence electrons. The third kappa shape index (κ3) is 8.08. The average molecular weight is 641 g/mol. The van der Waals surface area contributed by atoms with Crippen molar-refractivity contribution in [1.29, 1.82) is 0 Å². The Hall–Kier alpha value is -0.490. The number of carbonyl (C=O) groups is 1. The fourth-order valence-corrected chi connectivity index (χ4v) is 4.08. The van der Waals surface area contributed by atoms with E-state index in [2.05, 4.69) is 15.9 Å². The van der Waals surface area contributed by atoms with Crippen LogP contribution in [0.3, 0.4) is 0 Å². The maximum Gasteiger partial charge on any atom is 0.206 e. The zero-order valence-electron chi connectivity index (χ0n) is 20.7. The van der Waals surface area contributed by atoms with Crippen molar-refractivity contribution in [3.05, 3.63) is 0 Å². The standard InChI is InChI=1S/C21H37BrO17/c1-2-21(22,35)18(34)15(31)12(28)9(25)6(24)4-36-19-17(33)14(30)11(27)8(39-19)5-37-20-16(32)13(29)10(26)7(3-23)38-20/h6-17,19-20,23-33,35H,2-5H2,1H3/t6-,7-,8-,9-,10-,11-,12+,13+,14+,15-,16-,17-,19+,20+,21?/m1/s1. The molecule has 17 nitrogen and oxygen atoms in total. The van der Waals surface area contributed by atoms with Gasteiger partial charge in [0.05, 0.1) is 19.8 Å². The average Bonchev–Trinajstić information content (AvgIpc) is 2.92. The first-order valence-electron chi connectivity index (χ1n) is 12.0. The van der Waals surface area contributed by atoms with Crippen molar-refractivity contribution in [3.63, 3.8) is 0 Å². The van der Waals surface area contributed by atoms with Gasteiger partial charge in [-0.15, -0.1) is 0 Å². The molecule has 12 N–H and O–H groups in total. The first-order valence-corrected chi connectivity index (χ1v) is 12.8. The molecule has 15 atom stereocenters. The molecule has 0 amide bonds. The number of Topliss-reactive ketones (excluding diaryl/α,β-unsaturated/α-hetero) is 1. The Kier molecular flexibility index (Phi) is 13.0. The van der Waals surface area contributed by atoms with Crippen LogP contribution in [0.4, 0.5) is 0 Å². The van der Waals surface area contributed by atoms with Crippen molar-refractivity contribution in [2.75, 3.05) is 19.8 Å². The van der Waals surface area contributed by atoms with Crippen LogP contribution in [0.25, 0.3) is 0 Å². The second-order valence-corrected chi connectivity index (χ2v) is 10.7. The zero-order chi connectivity index (χ0) is 29.8. The van der Waals surface area contributed by atoms with Crippen LogP contribution < -0.4 is 0 Å². The van der Waals surface area contributed by atoms with E-state index >= 15 is 0 Å². The van der Waals surface area contributed by atoms with Crippen molar-refractivity contribution in [2.24, 2.45) is 0 Å². The molecule has 2 saturated heterocycles. The van der Waals surface area contributed by atoms with Gasteiger partial charge in [0.1, 0.15) is 73.2 Å². The summed E-state index contributed by atoms with van der Waals surface area (Å²) in [6.45, 7) is -0.860. The fraction of sp³-hybridized carbons (Fsp3) is 0.952. The lowest BCUT2D eigenvalue weighted by molar-refractivity contribution is -0.333. The SMILES string of the molecule is CCC(O)(Br)C(=O)[C@H](O)[C@@H](O)[C@H](O)[C@H](O)CO[C@H]1O[C@H](CO[C@H]2O[C@H](CO)[C@@H](O)[C@H](O)[C@H]2O)[C@@H](O)[C@H](O)[C@H]1O. The lowest BCUT2D eigenvalue weighted by Gasteiger charge is -2.42. The molecule has 1 unspecified atom stereocenters. The van der Waals surface area contributed by atoms with Gasteiger partial charge in [-0.1, -0.05) is 6.92 Å². The van der Waals surface area contributed by atoms with Crippen LogP contribution in [0.15, 0.2) is 0 Å². The number of carbonyl (C=O) groups excluding carboxylic acids is 1. The predicted octanol–water partition coefficient (Wildman–Crippen LogP) is -6.87. The summed E-state index contributed by atoms with van der Waals surface area (Å²) in [5, 5.41) is 120. The minimum absolute atomic E-state index is 0.191. The van der Waals surface area contributed by atoms with Crippen LogP contribution in [0.5, 0.6) is 0 Å². The molecule has 0 saturated carbocycles. The molecular weight excluding hydrogens is 604 g/mol. The second kappa shape index (κ2) is 14.6. The maximum atomic E-state index is 12.1. The van der Waals surface area contributed by atoms with Gasteiger partial charge < -0.3 is 80.2 Å². The third-order valence-corrected chi connectivity index (χ3v) is 7.51. The van der Waals surface area contributed by atoms with E-state index in [0.717, 1.165) is 0 Å². The molecule has 0 aliphatic carbocycles. The summed E-state index contributed by atoms with van der Waals surface area (Å²) in [4.78, 5) is 12.1. The smallest absolute Gasteiger partial charge is 0.206 e. The molecule has 18 heteroatoms. The number of rotatable bonds is 13. The first-order chi connectivity index (χ1) is 18.1. The highest BCUT2D eigenvalue weighted by Crippen LogP contribution is 2.27. The van der Waals surface area contributed by atoms with Gasteiger partial charge in [0.2, 0.25) is 5.78 Å². The van der Waals surface area contributed by atoms with E-state index in [1.165, 1.54) is 6.92 Å². The number of ether oxygens (including phenoxy) is 4. The third-order valence-electron chi connectivity index (χ3n) is 6.56. The van der Waals surface area contributed by atoms with Crippen molar-refractivity contribution in [3.8, 4) is 0 Å². The molecule has 0 radical (unpaired) electrons. The molecule has 2 fully saturated rings. The van der Waals surface area contributed by atoms with Crippen LogP contribution in [0.2, 0.25) is 0 Å². The van der Waals surface area contributed by atoms with E-state index < -0.39 is 116 Å². The van der Waals surface area contributed by atoms with E-state index in [1.807, 2.05) is 0 Å². The summed E-state index contributed by atoms with van der Waals surface area (Å²) < 4.78 is 18.7. The molecule has 39 heavy (non-hydrogen) atoms. The fourth-order valence-electron chi connectivity index (χ4n) is 3.85. The number of hydrogen-bond donors (Lipinski definition) is 12. The van der Waals surface area contributed by atoms with E-state index in [1.54, 1.807) is 0 Å². The lowest BCUT2D eigenvalue weighted by Crippen LogP contribution is -2.62. The first kappa shape index (κ1) is 34.7. The highest BCUT2D eigenvalue weighted by atomic mass is 79.9. The van der Waals surface area contributed by atoms with Gasteiger partial charge in [-0.25, -0.2) is 0 Å². The highest BCUT2D eigenvalue weighted by Gasteiger charge is 2.48. The van der Waals surface area contributed by atoms with Gasteiger partial charge in [-0.05, 0) is 22.4 Å². The Labute approximate surface area is 230 Å². The van der Waals surface area contributed by atoms with E-state index in [9.17, 15) is 66.1 Å². The number of hydrogen-bond acceptors (Lipinski definition) is 17. The molecule has 0 spiro atoms. The van der Waals surface area contributed by atoms with E-state index in [0.29, 0.717) is 0 Å². The van der Waals surface area contributed by atoms with Gasteiger partial charge in [0.15, 0.2) is 17.1 Å². The number of aliphatic hydroxyl groups is 12. The number of alkyl halides is 1. The number of ketones is 1. The monoisotopic (exact) mass is 640 g/mol. The van der Waals surface area contributed by atoms with Crippen molar-refractivity contribution >= 4 is 21.7 Å². The summed E-state index contributed by atoms with van der Waals surface area (Å²) in [6.07, 6.45) is -25.8. The Bertz CT molecular complexity index is 773. The largest absolute Gasteiger partial charge is 0.394 e. The van der Waals surface area contributed by atoms with Crippen molar-refractivity contribution < 1.29 is 85.0 Å². The predicted molar refractivity (Wildman–Crippen MR) is 126 cm³/mol. The maximum absolute atomic E-state index is 12.1. The summed E-state index contributed by atoms with van der Waals surface area (Å²) in [6, 6.07) is 0. The summed E-state index contributed by atoms with van der Waals surface area (Å²) in [7, 11) is 0. The zero-order valence-corrected chi connectivity index (χ0v) is 22.3. The van der Waals surface area contributed by atoms with Crippen molar-refractivity contribution in [2.45, 2.75) is 104 Å². The molecular formula is C21H37BrO17. The van der Waals surface area contributed by atoms with Crippen LogP contribution in [0, 0.1) is 0 Å². The normalized spacial score (nSPS) is 40.4. The van der Waals surface area contributed by atoms with Crippen LogP contribution in [-0.2, 0) is 23.7 Å². The molecule has 2 aliphatic rings. The van der Waals surface area contributed by atoms with Crippen LogP contribution in [-0.4, -0.2) is 177 Å².